The van der Waals surface area contributed by atoms with Gasteiger partial charge in [-0.15, -0.1) is 11.6 Å². The number of nitrogens with zero attached hydrogens (tertiary/aromatic N) is 1. The Labute approximate surface area is 102 Å². The predicted octanol–water partition coefficient (Wildman–Crippen LogP) is 3.72. The van der Waals surface area contributed by atoms with E-state index in [1.165, 1.54) is 6.07 Å². The zero-order valence-corrected chi connectivity index (χ0v) is 9.76. The van der Waals surface area contributed by atoms with Gasteiger partial charge in [0.05, 0.1) is 10.4 Å². The molecule has 0 radical (unpaired) electrons. The second-order valence-electron chi connectivity index (χ2n) is 3.35. The number of aromatic nitrogens is 2. The van der Waals surface area contributed by atoms with Crippen LogP contribution in [0.25, 0.3) is 0 Å². The SMILES string of the molecule is Fc1cccc(C(Cl)Cc2ncc[nH]2)c1Cl. The van der Waals surface area contributed by atoms with Crippen LogP contribution in [-0.2, 0) is 6.42 Å². The Bertz CT molecular complexity index is 471. The topological polar surface area (TPSA) is 28.7 Å². The van der Waals surface area contributed by atoms with Gasteiger partial charge in [-0.2, -0.15) is 0 Å². The van der Waals surface area contributed by atoms with Gasteiger partial charge in [0.1, 0.15) is 11.6 Å². The van der Waals surface area contributed by atoms with Gasteiger partial charge >= 0.3 is 0 Å². The zero-order chi connectivity index (χ0) is 11.5. The monoisotopic (exact) mass is 258 g/mol. The molecule has 16 heavy (non-hydrogen) atoms. The highest BCUT2D eigenvalue weighted by atomic mass is 35.5. The molecule has 0 saturated heterocycles. The van der Waals surface area contributed by atoms with E-state index in [9.17, 15) is 4.39 Å². The molecular weight excluding hydrogens is 250 g/mol. The van der Waals surface area contributed by atoms with Crippen molar-refractivity contribution in [2.24, 2.45) is 0 Å². The summed E-state index contributed by atoms with van der Waals surface area (Å²) in [5.74, 6) is 0.296. The number of hydrogen-bond acceptors (Lipinski definition) is 1. The second-order valence-corrected chi connectivity index (χ2v) is 4.26. The Kier molecular flexibility index (Phi) is 3.46. The van der Waals surface area contributed by atoms with Gasteiger partial charge in [-0.3, -0.25) is 0 Å². The van der Waals surface area contributed by atoms with Crippen molar-refractivity contribution in [2.45, 2.75) is 11.8 Å². The van der Waals surface area contributed by atoms with Gasteiger partial charge in [0.15, 0.2) is 0 Å². The molecule has 1 atom stereocenters. The molecule has 0 aliphatic rings. The number of benzene rings is 1. The first-order valence-corrected chi connectivity index (χ1v) is 5.56. The summed E-state index contributed by atoms with van der Waals surface area (Å²) in [6.07, 6.45) is 3.84. The van der Waals surface area contributed by atoms with Crippen LogP contribution in [0.2, 0.25) is 5.02 Å². The molecule has 0 saturated carbocycles. The first kappa shape index (κ1) is 11.4. The standard InChI is InChI=1S/C11H9Cl2FN2/c12-8(6-10-15-4-5-16-10)7-2-1-3-9(14)11(7)13/h1-5,8H,6H2,(H,15,16). The van der Waals surface area contributed by atoms with Gasteiger partial charge in [-0.05, 0) is 11.6 Å². The molecule has 0 aliphatic carbocycles. The molecule has 0 fully saturated rings. The Morgan fingerprint density at radius 2 is 2.25 bits per heavy atom. The summed E-state index contributed by atoms with van der Waals surface area (Å²) < 4.78 is 13.2. The molecular formula is C11H9Cl2FN2. The van der Waals surface area contributed by atoms with Crippen LogP contribution in [0, 0.1) is 5.82 Å². The highest BCUT2D eigenvalue weighted by Gasteiger charge is 2.15. The molecule has 0 bridgehead atoms. The summed E-state index contributed by atoms with van der Waals surface area (Å²) in [7, 11) is 0. The van der Waals surface area contributed by atoms with E-state index in [2.05, 4.69) is 9.97 Å². The molecule has 2 rings (SSSR count). The van der Waals surface area contributed by atoms with E-state index in [4.69, 9.17) is 23.2 Å². The fourth-order valence-corrected chi connectivity index (χ4v) is 2.09. The van der Waals surface area contributed by atoms with Crippen LogP contribution >= 0.6 is 23.2 Å². The van der Waals surface area contributed by atoms with E-state index < -0.39 is 11.2 Å². The van der Waals surface area contributed by atoms with Crippen molar-refractivity contribution in [2.75, 3.05) is 0 Å². The van der Waals surface area contributed by atoms with Crippen molar-refractivity contribution >= 4 is 23.2 Å². The largest absolute Gasteiger partial charge is 0.349 e. The molecule has 84 valence electrons. The Hall–Kier alpha value is -1.06. The molecule has 1 N–H and O–H groups in total. The first-order chi connectivity index (χ1) is 7.68. The molecule has 1 heterocycles. The molecule has 1 aromatic carbocycles. The summed E-state index contributed by atoms with van der Waals surface area (Å²) in [5, 5.41) is -0.316. The number of hydrogen-bond donors (Lipinski definition) is 1. The highest BCUT2D eigenvalue weighted by molar-refractivity contribution is 6.32. The Balaban J connectivity index is 2.21. The van der Waals surface area contributed by atoms with E-state index in [1.54, 1.807) is 24.5 Å². The Morgan fingerprint density at radius 3 is 2.94 bits per heavy atom. The van der Waals surface area contributed by atoms with E-state index in [1.807, 2.05) is 0 Å². The van der Waals surface area contributed by atoms with Crippen LogP contribution in [0.4, 0.5) is 4.39 Å². The van der Waals surface area contributed by atoms with Gasteiger partial charge in [0.2, 0.25) is 0 Å². The summed E-state index contributed by atoms with van der Waals surface area (Å²) >= 11 is 12.0. The highest BCUT2D eigenvalue weighted by Crippen LogP contribution is 2.31. The molecule has 0 amide bonds. The number of alkyl halides is 1. The van der Waals surface area contributed by atoms with Gasteiger partial charge in [0, 0.05) is 18.8 Å². The maximum absolute atomic E-state index is 13.2. The number of aromatic amines is 1. The smallest absolute Gasteiger partial charge is 0.142 e. The van der Waals surface area contributed by atoms with Crippen LogP contribution in [0.5, 0.6) is 0 Å². The minimum Gasteiger partial charge on any atom is -0.349 e. The van der Waals surface area contributed by atoms with E-state index in [0.29, 0.717) is 12.0 Å². The van der Waals surface area contributed by atoms with Crippen molar-refractivity contribution in [3.63, 3.8) is 0 Å². The maximum atomic E-state index is 13.2. The van der Waals surface area contributed by atoms with E-state index in [0.717, 1.165) is 5.82 Å². The lowest BCUT2D eigenvalue weighted by Crippen LogP contribution is -1.99. The molecule has 2 aromatic rings. The van der Waals surface area contributed by atoms with Gasteiger partial charge in [-0.1, -0.05) is 23.7 Å². The quantitative estimate of drug-likeness (QED) is 0.836. The average molecular weight is 259 g/mol. The van der Waals surface area contributed by atoms with Crippen molar-refractivity contribution < 1.29 is 4.39 Å². The third-order valence-corrected chi connectivity index (χ3v) is 3.03. The van der Waals surface area contributed by atoms with Gasteiger partial charge < -0.3 is 4.98 Å². The number of imidazole rings is 1. The molecule has 0 aliphatic heterocycles. The van der Waals surface area contributed by atoms with Crippen LogP contribution < -0.4 is 0 Å². The number of rotatable bonds is 3. The summed E-state index contributed by atoms with van der Waals surface area (Å²) in [6.45, 7) is 0. The van der Waals surface area contributed by atoms with E-state index in [-0.39, 0.29) is 5.02 Å². The molecule has 5 heteroatoms. The summed E-state index contributed by atoms with van der Waals surface area (Å²) in [5.41, 5.74) is 0.583. The zero-order valence-electron chi connectivity index (χ0n) is 8.25. The summed E-state index contributed by atoms with van der Waals surface area (Å²) in [4.78, 5) is 7.00. The fourth-order valence-electron chi connectivity index (χ4n) is 1.45. The normalized spacial score (nSPS) is 12.7. The van der Waals surface area contributed by atoms with Crippen LogP contribution in [-0.4, -0.2) is 9.97 Å². The average Bonchev–Trinajstić information content (AvgIpc) is 2.74. The lowest BCUT2D eigenvalue weighted by Gasteiger charge is -2.10. The number of H-pyrrole nitrogens is 1. The van der Waals surface area contributed by atoms with Gasteiger partial charge in [-0.25, -0.2) is 9.37 Å². The Morgan fingerprint density at radius 1 is 1.44 bits per heavy atom. The van der Waals surface area contributed by atoms with Crippen molar-refractivity contribution in [1.29, 1.82) is 0 Å². The van der Waals surface area contributed by atoms with Crippen molar-refractivity contribution in [3.05, 3.63) is 52.8 Å². The molecule has 0 spiro atoms. The first-order valence-electron chi connectivity index (χ1n) is 4.74. The van der Waals surface area contributed by atoms with Crippen LogP contribution in [0.1, 0.15) is 16.8 Å². The fraction of sp³-hybridized carbons (Fsp3) is 0.182. The van der Waals surface area contributed by atoms with Crippen molar-refractivity contribution in [1.82, 2.24) is 9.97 Å². The predicted molar refractivity (Wildman–Crippen MR) is 62.3 cm³/mol. The maximum Gasteiger partial charge on any atom is 0.142 e. The molecule has 1 aromatic heterocycles. The van der Waals surface area contributed by atoms with Crippen molar-refractivity contribution in [3.8, 4) is 0 Å². The lowest BCUT2D eigenvalue weighted by atomic mass is 10.1. The third kappa shape index (κ3) is 2.36. The van der Waals surface area contributed by atoms with Crippen LogP contribution in [0.3, 0.4) is 0 Å². The van der Waals surface area contributed by atoms with Gasteiger partial charge in [0.25, 0.3) is 0 Å². The third-order valence-electron chi connectivity index (χ3n) is 2.25. The summed E-state index contributed by atoms with van der Waals surface area (Å²) in [6, 6.07) is 4.61. The lowest BCUT2D eigenvalue weighted by molar-refractivity contribution is 0.625. The minimum atomic E-state index is -0.454. The van der Waals surface area contributed by atoms with E-state index >= 15 is 0 Å². The number of halogens is 3. The second kappa shape index (κ2) is 4.85. The minimum absolute atomic E-state index is 0.0778. The molecule has 1 unspecified atom stereocenters. The molecule has 2 nitrogen and oxygen atoms in total. The van der Waals surface area contributed by atoms with Crippen LogP contribution in [0.15, 0.2) is 30.6 Å². The number of nitrogens with one attached hydrogen (secondary N) is 1.